The predicted molar refractivity (Wildman–Crippen MR) is 77.9 cm³/mol. The van der Waals surface area contributed by atoms with Crippen molar-refractivity contribution in [2.75, 3.05) is 6.54 Å². The third-order valence-electron chi connectivity index (χ3n) is 2.97. The number of benzene rings is 1. The van der Waals surface area contributed by atoms with E-state index < -0.39 is 17.9 Å². The third-order valence-corrected chi connectivity index (χ3v) is 2.97. The monoisotopic (exact) mass is 292 g/mol. The first-order valence-corrected chi connectivity index (χ1v) is 6.68. The van der Waals surface area contributed by atoms with Gasteiger partial charge in [0, 0.05) is 5.56 Å². The zero-order valence-electron chi connectivity index (χ0n) is 12.3. The maximum atomic E-state index is 11.8. The van der Waals surface area contributed by atoms with Crippen LogP contribution in [0, 0.1) is 12.8 Å². The Hall–Kier alpha value is -2.37. The van der Waals surface area contributed by atoms with Gasteiger partial charge < -0.3 is 15.7 Å². The lowest BCUT2D eigenvalue weighted by molar-refractivity contribution is -0.142. The van der Waals surface area contributed by atoms with Gasteiger partial charge in [0.15, 0.2) is 0 Å². The maximum Gasteiger partial charge on any atom is 0.326 e. The summed E-state index contributed by atoms with van der Waals surface area (Å²) in [5, 5.41) is 13.8. The lowest BCUT2D eigenvalue weighted by Gasteiger charge is -2.18. The van der Waals surface area contributed by atoms with Crippen LogP contribution in [0.1, 0.15) is 29.8 Å². The number of carbonyl (C=O) groups excluding carboxylic acids is 2. The molecule has 1 aromatic carbocycles. The molecule has 0 saturated carbocycles. The number of aliphatic carboxylic acids is 1. The zero-order chi connectivity index (χ0) is 16.0. The highest BCUT2D eigenvalue weighted by Gasteiger charge is 2.23. The van der Waals surface area contributed by atoms with Crippen LogP contribution in [0.25, 0.3) is 0 Å². The topological polar surface area (TPSA) is 95.5 Å². The number of nitrogens with one attached hydrogen (secondary N) is 2. The van der Waals surface area contributed by atoms with Crippen molar-refractivity contribution in [3.8, 4) is 0 Å². The van der Waals surface area contributed by atoms with E-state index in [4.69, 9.17) is 5.11 Å². The van der Waals surface area contributed by atoms with Gasteiger partial charge in [-0.1, -0.05) is 31.5 Å². The lowest BCUT2D eigenvalue weighted by atomic mass is 10.1. The number of carboxylic acids is 1. The summed E-state index contributed by atoms with van der Waals surface area (Å²) in [5.74, 6) is -2.24. The molecule has 1 aromatic rings. The quantitative estimate of drug-likeness (QED) is 0.727. The van der Waals surface area contributed by atoms with Crippen LogP contribution in [-0.2, 0) is 9.59 Å². The Bertz CT molecular complexity index is 523. The minimum absolute atomic E-state index is 0.237. The molecule has 0 fully saturated rings. The Morgan fingerprint density at radius 1 is 1.14 bits per heavy atom. The number of rotatable bonds is 6. The first kappa shape index (κ1) is 16.7. The molecule has 2 amide bonds. The van der Waals surface area contributed by atoms with E-state index in [0.717, 1.165) is 5.56 Å². The van der Waals surface area contributed by atoms with Gasteiger partial charge in [-0.25, -0.2) is 4.79 Å². The standard InChI is InChI=1S/C15H20N2O4/c1-9(2)13(15(20)21)17-12(18)8-16-14(19)11-6-4-10(3)5-7-11/h4-7,9,13H,8H2,1-3H3,(H,16,19)(H,17,18)(H,20,21)/t13-/m1/s1. The van der Waals surface area contributed by atoms with Crippen LogP contribution >= 0.6 is 0 Å². The minimum Gasteiger partial charge on any atom is -0.480 e. The van der Waals surface area contributed by atoms with Crippen LogP contribution in [0.2, 0.25) is 0 Å². The van der Waals surface area contributed by atoms with Crippen LogP contribution < -0.4 is 10.6 Å². The second-order valence-electron chi connectivity index (χ2n) is 5.18. The average molecular weight is 292 g/mol. The van der Waals surface area contributed by atoms with E-state index in [2.05, 4.69) is 10.6 Å². The molecular formula is C15H20N2O4. The molecule has 1 atom stereocenters. The summed E-state index contributed by atoms with van der Waals surface area (Å²) in [6.45, 7) is 5.05. The van der Waals surface area contributed by atoms with E-state index >= 15 is 0 Å². The molecule has 1 rings (SSSR count). The van der Waals surface area contributed by atoms with Gasteiger partial charge in [-0.2, -0.15) is 0 Å². The molecule has 3 N–H and O–H groups in total. The second kappa shape index (κ2) is 7.42. The maximum absolute atomic E-state index is 11.8. The fourth-order valence-corrected chi connectivity index (χ4v) is 1.71. The SMILES string of the molecule is Cc1ccc(C(=O)NCC(=O)N[C@@H](C(=O)O)C(C)C)cc1. The number of hydrogen-bond acceptors (Lipinski definition) is 3. The van der Waals surface area contributed by atoms with E-state index in [1.165, 1.54) is 0 Å². The van der Waals surface area contributed by atoms with Crippen molar-refractivity contribution in [1.29, 1.82) is 0 Å². The molecule has 0 unspecified atom stereocenters. The Morgan fingerprint density at radius 2 is 1.71 bits per heavy atom. The van der Waals surface area contributed by atoms with E-state index in [0.29, 0.717) is 5.56 Å². The smallest absolute Gasteiger partial charge is 0.326 e. The fraction of sp³-hybridized carbons (Fsp3) is 0.400. The highest BCUT2D eigenvalue weighted by Crippen LogP contribution is 2.03. The molecule has 0 heterocycles. The van der Waals surface area contributed by atoms with Gasteiger partial charge in [0.2, 0.25) is 5.91 Å². The van der Waals surface area contributed by atoms with Crippen molar-refractivity contribution in [1.82, 2.24) is 10.6 Å². The third kappa shape index (κ3) is 5.25. The molecule has 21 heavy (non-hydrogen) atoms. The molecule has 6 nitrogen and oxygen atoms in total. The molecule has 0 saturated heterocycles. The average Bonchev–Trinajstić information content (AvgIpc) is 2.42. The molecule has 0 aliphatic rings. The highest BCUT2D eigenvalue weighted by molar-refractivity contribution is 5.96. The van der Waals surface area contributed by atoms with Gasteiger partial charge in [-0.3, -0.25) is 9.59 Å². The largest absolute Gasteiger partial charge is 0.480 e. The van der Waals surface area contributed by atoms with Crippen LogP contribution in [0.5, 0.6) is 0 Å². The zero-order valence-corrected chi connectivity index (χ0v) is 12.3. The normalized spacial score (nSPS) is 11.8. The summed E-state index contributed by atoms with van der Waals surface area (Å²) < 4.78 is 0. The van der Waals surface area contributed by atoms with Gasteiger partial charge in [0.25, 0.3) is 5.91 Å². The molecular weight excluding hydrogens is 272 g/mol. The highest BCUT2D eigenvalue weighted by atomic mass is 16.4. The Balaban J connectivity index is 2.51. The van der Waals surface area contributed by atoms with Crippen molar-refractivity contribution in [2.24, 2.45) is 5.92 Å². The minimum atomic E-state index is -1.09. The molecule has 114 valence electrons. The number of aryl methyl sites for hydroxylation is 1. The number of carboxylic acid groups (broad SMARTS) is 1. The van der Waals surface area contributed by atoms with Gasteiger partial charge in [-0.15, -0.1) is 0 Å². The van der Waals surface area contributed by atoms with Crippen molar-refractivity contribution in [3.63, 3.8) is 0 Å². The summed E-state index contributed by atoms with van der Waals surface area (Å²) in [7, 11) is 0. The molecule has 0 aromatic heterocycles. The van der Waals surface area contributed by atoms with Gasteiger partial charge in [-0.05, 0) is 25.0 Å². The van der Waals surface area contributed by atoms with Gasteiger partial charge in [0.1, 0.15) is 6.04 Å². The van der Waals surface area contributed by atoms with Gasteiger partial charge >= 0.3 is 5.97 Å². The van der Waals surface area contributed by atoms with Crippen molar-refractivity contribution in [3.05, 3.63) is 35.4 Å². The first-order chi connectivity index (χ1) is 9.81. The van der Waals surface area contributed by atoms with E-state index in [1.807, 2.05) is 6.92 Å². The molecule has 6 heteroatoms. The summed E-state index contributed by atoms with van der Waals surface area (Å²) in [6.07, 6.45) is 0. The Morgan fingerprint density at radius 3 is 2.19 bits per heavy atom. The van der Waals surface area contributed by atoms with Crippen LogP contribution in [0.4, 0.5) is 0 Å². The summed E-state index contributed by atoms with van der Waals surface area (Å²) in [6, 6.07) is 5.96. The number of carbonyl (C=O) groups is 3. The first-order valence-electron chi connectivity index (χ1n) is 6.68. The van der Waals surface area contributed by atoms with Crippen LogP contribution in [-0.4, -0.2) is 35.5 Å². The summed E-state index contributed by atoms with van der Waals surface area (Å²) in [5.41, 5.74) is 1.48. The molecule has 0 radical (unpaired) electrons. The lowest BCUT2D eigenvalue weighted by Crippen LogP contribution is -2.48. The van der Waals surface area contributed by atoms with Crippen molar-refractivity contribution in [2.45, 2.75) is 26.8 Å². The predicted octanol–water partition coefficient (Wildman–Crippen LogP) is 0.950. The molecule has 0 bridgehead atoms. The Kier molecular flexibility index (Phi) is 5.90. The second-order valence-corrected chi connectivity index (χ2v) is 5.18. The Labute approximate surface area is 123 Å². The molecule has 0 spiro atoms. The van der Waals surface area contributed by atoms with Crippen LogP contribution in [0.15, 0.2) is 24.3 Å². The van der Waals surface area contributed by atoms with E-state index in [9.17, 15) is 14.4 Å². The number of amides is 2. The van der Waals surface area contributed by atoms with E-state index in [-0.39, 0.29) is 18.4 Å². The van der Waals surface area contributed by atoms with Crippen molar-refractivity contribution < 1.29 is 19.5 Å². The van der Waals surface area contributed by atoms with Gasteiger partial charge in [0.05, 0.1) is 6.54 Å². The fourth-order valence-electron chi connectivity index (χ4n) is 1.71. The van der Waals surface area contributed by atoms with E-state index in [1.54, 1.807) is 38.1 Å². The molecule has 0 aliphatic carbocycles. The number of hydrogen-bond donors (Lipinski definition) is 3. The summed E-state index contributed by atoms with van der Waals surface area (Å²) >= 11 is 0. The van der Waals surface area contributed by atoms with Crippen LogP contribution in [0.3, 0.4) is 0 Å². The summed E-state index contributed by atoms with van der Waals surface area (Å²) in [4.78, 5) is 34.4. The molecule has 0 aliphatic heterocycles. The van der Waals surface area contributed by atoms with Crippen molar-refractivity contribution >= 4 is 17.8 Å².